The molecule has 3 aromatic heterocycles. The second-order valence-corrected chi connectivity index (χ2v) is 7.42. The molecule has 0 aliphatic rings. The van der Waals surface area contributed by atoms with Gasteiger partial charge >= 0.3 is 0 Å². The number of nitrogens with one attached hydrogen (secondary N) is 1. The minimum Gasteiger partial charge on any atom is -0.467 e. The Morgan fingerprint density at radius 3 is 2.88 bits per heavy atom. The summed E-state index contributed by atoms with van der Waals surface area (Å²) in [6.07, 6.45) is 4.19. The van der Waals surface area contributed by atoms with Gasteiger partial charge in [0.2, 0.25) is 5.88 Å². The molecule has 8 nitrogen and oxygen atoms in total. The average Bonchev–Trinajstić information content (AvgIpc) is 3.34. The predicted molar refractivity (Wildman–Crippen MR) is 122 cm³/mol. The molecule has 0 aliphatic carbocycles. The van der Waals surface area contributed by atoms with E-state index in [1.807, 2.05) is 13.0 Å². The predicted octanol–water partition coefficient (Wildman–Crippen LogP) is 4.27. The average molecular weight is 461 g/mol. The van der Waals surface area contributed by atoms with E-state index in [0.717, 1.165) is 5.56 Å². The quantitative estimate of drug-likeness (QED) is 0.340. The van der Waals surface area contributed by atoms with Crippen molar-refractivity contribution in [2.24, 2.45) is 0 Å². The Kier molecular flexibility index (Phi) is 6.24. The number of aryl methyl sites for hydroxylation is 1. The Morgan fingerprint density at radius 2 is 2.15 bits per heavy atom. The van der Waals surface area contributed by atoms with Crippen molar-refractivity contribution in [3.63, 3.8) is 0 Å². The van der Waals surface area contributed by atoms with Gasteiger partial charge in [0.25, 0.3) is 11.5 Å². The van der Waals surface area contributed by atoms with Gasteiger partial charge in [-0.25, -0.2) is 0 Å². The lowest BCUT2D eigenvalue weighted by atomic mass is 10.1. The highest BCUT2D eigenvalue weighted by atomic mass is 35.5. The standard InChI is InChI=1S/C24H17ClN4O4/c1-15-11-17(7-8-20(15)25)33-23-19(24(31)29-9-3-2-6-21(29)28-23)12-16(13-26)22(30)27-14-18-5-4-10-32-18/h2-12H,14H2,1H3,(H,27,30). The van der Waals surface area contributed by atoms with E-state index in [0.29, 0.717) is 22.2 Å². The van der Waals surface area contributed by atoms with Crippen LogP contribution < -0.4 is 15.6 Å². The van der Waals surface area contributed by atoms with Crippen LogP contribution in [0.5, 0.6) is 11.6 Å². The zero-order valence-corrected chi connectivity index (χ0v) is 18.2. The molecule has 4 aromatic rings. The van der Waals surface area contributed by atoms with E-state index in [9.17, 15) is 14.9 Å². The molecule has 9 heteroatoms. The van der Waals surface area contributed by atoms with Crippen LogP contribution in [0.25, 0.3) is 11.7 Å². The van der Waals surface area contributed by atoms with E-state index in [2.05, 4.69) is 10.3 Å². The van der Waals surface area contributed by atoms with Gasteiger partial charge in [0.1, 0.15) is 34.4 Å². The first-order chi connectivity index (χ1) is 16.0. The van der Waals surface area contributed by atoms with Crippen LogP contribution in [0.2, 0.25) is 5.02 Å². The van der Waals surface area contributed by atoms with Gasteiger partial charge in [-0.3, -0.25) is 14.0 Å². The number of benzene rings is 1. The van der Waals surface area contributed by atoms with E-state index in [1.54, 1.807) is 54.7 Å². The Labute approximate surface area is 193 Å². The summed E-state index contributed by atoms with van der Waals surface area (Å²) in [5.41, 5.74) is 0.303. The third-order valence-corrected chi connectivity index (χ3v) is 5.16. The SMILES string of the molecule is Cc1cc(Oc2nc3ccccn3c(=O)c2C=C(C#N)C(=O)NCc2ccco2)ccc1Cl. The van der Waals surface area contributed by atoms with E-state index < -0.39 is 11.5 Å². The molecule has 0 atom stereocenters. The fourth-order valence-corrected chi connectivity index (χ4v) is 3.16. The first-order valence-electron chi connectivity index (χ1n) is 9.84. The number of amides is 1. The number of hydrogen-bond donors (Lipinski definition) is 1. The van der Waals surface area contributed by atoms with Crippen molar-refractivity contribution >= 4 is 29.2 Å². The number of halogens is 1. The first kappa shape index (κ1) is 21.9. The molecule has 0 aliphatic heterocycles. The monoisotopic (exact) mass is 460 g/mol. The molecule has 0 saturated heterocycles. The fourth-order valence-electron chi connectivity index (χ4n) is 3.04. The Morgan fingerprint density at radius 1 is 1.30 bits per heavy atom. The van der Waals surface area contributed by atoms with Crippen LogP contribution >= 0.6 is 11.6 Å². The summed E-state index contributed by atoms with van der Waals surface area (Å²) in [4.78, 5) is 30.2. The molecule has 1 aromatic carbocycles. The fraction of sp³-hybridized carbons (Fsp3) is 0.0833. The minimum absolute atomic E-state index is 0.0421. The molecule has 0 spiro atoms. The highest BCUT2D eigenvalue weighted by Crippen LogP contribution is 2.27. The summed E-state index contributed by atoms with van der Waals surface area (Å²) in [6.45, 7) is 1.91. The zero-order valence-electron chi connectivity index (χ0n) is 17.4. The molecule has 0 unspecified atom stereocenters. The lowest BCUT2D eigenvalue weighted by Crippen LogP contribution is -2.24. The van der Waals surface area contributed by atoms with E-state index in [4.69, 9.17) is 20.8 Å². The highest BCUT2D eigenvalue weighted by Gasteiger charge is 2.17. The number of carbonyl (C=O) groups excluding carboxylic acids is 1. The maximum absolute atomic E-state index is 13.2. The van der Waals surface area contributed by atoms with Gasteiger partial charge in [0, 0.05) is 11.2 Å². The molecular formula is C24H17ClN4O4. The van der Waals surface area contributed by atoms with Gasteiger partial charge in [-0.2, -0.15) is 10.2 Å². The van der Waals surface area contributed by atoms with Crippen molar-refractivity contribution in [2.75, 3.05) is 0 Å². The summed E-state index contributed by atoms with van der Waals surface area (Å²) in [6, 6.07) is 15.3. The molecule has 1 N–H and O–H groups in total. The topological polar surface area (TPSA) is 110 Å². The van der Waals surface area contributed by atoms with Crippen LogP contribution in [-0.2, 0) is 11.3 Å². The van der Waals surface area contributed by atoms with Crippen molar-refractivity contribution in [2.45, 2.75) is 13.5 Å². The summed E-state index contributed by atoms with van der Waals surface area (Å²) < 4.78 is 12.4. The second-order valence-electron chi connectivity index (χ2n) is 7.01. The summed E-state index contributed by atoms with van der Waals surface area (Å²) >= 11 is 6.09. The number of hydrogen-bond acceptors (Lipinski definition) is 6. The number of fused-ring (bicyclic) bond motifs is 1. The van der Waals surface area contributed by atoms with Crippen molar-refractivity contribution in [3.05, 3.63) is 98.8 Å². The smallest absolute Gasteiger partial charge is 0.269 e. The summed E-state index contributed by atoms with van der Waals surface area (Å²) in [5, 5.41) is 12.7. The van der Waals surface area contributed by atoms with Crippen LogP contribution in [0.15, 0.2) is 75.8 Å². The Balaban J connectivity index is 1.76. The van der Waals surface area contributed by atoms with Gasteiger partial charge in [0.05, 0.1) is 12.8 Å². The van der Waals surface area contributed by atoms with E-state index in [1.165, 1.54) is 16.7 Å². The zero-order chi connectivity index (χ0) is 23.4. The summed E-state index contributed by atoms with van der Waals surface area (Å²) in [5.74, 6) is 0.217. The van der Waals surface area contributed by atoms with Crippen LogP contribution in [0.3, 0.4) is 0 Å². The number of carbonyl (C=O) groups is 1. The third-order valence-electron chi connectivity index (χ3n) is 4.74. The molecule has 0 fully saturated rings. The Hall–Kier alpha value is -4.35. The van der Waals surface area contributed by atoms with Gasteiger partial charge in [-0.05, 0) is 61.0 Å². The van der Waals surface area contributed by atoms with Crippen LogP contribution in [-0.4, -0.2) is 15.3 Å². The van der Waals surface area contributed by atoms with Crippen LogP contribution in [0, 0.1) is 18.3 Å². The minimum atomic E-state index is -0.667. The molecule has 4 rings (SSSR count). The van der Waals surface area contributed by atoms with Gasteiger partial charge in [-0.15, -0.1) is 0 Å². The maximum atomic E-state index is 13.2. The largest absolute Gasteiger partial charge is 0.467 e. The van der Waals surface area contributed by atoms with Gasteiger partial charge < -0.3 is 14.5 Å². The molecule has 33 heavy (non-hydrogen) atoms. The highest BCUT2D eigenvalue weighted by molar-refractivity contribution is 6.31. The number of pyridine rings is 1. The molecule has 0 radical (unpaired) electrons. The number of furan rings is 1. The third kappa shape index (κ3) is 4.79. The molecule has 0 saturated carbocycles. The van der Waals surface area contributed by atoms with E-state index in [-0.39, 0.29) is 23.6 Å². The number of ether oxygens (including phenoxy) is 1. The molecule has 3 heterocycles. The van der Waals surface area contributed by atoms with Crippen molar-refractivity contribution in [1.29, 1.82) is 5.26 Å². The lowest BCUT2D eigenvalue weighted by molar-refractivity contribution is -0.117. The number of aromatic nitrogens is 2. The number of nitriles is 1. The van der Waals surface area contributed by atoms with Crippen LogP contribution in [0.4, 0.5) is 0 Å². The number of nitrogens with zero attached hydrogens (tertiary/aromatic N) is 3. The maximum Gasteiger partial charge on any atom is 0.269 e. The Bertz CT molecular complexity index is 1470. The molecular weight excluding hydrogens is 444 g/mol. The van der Waals surface area contributed by atoms with Crippen LogP contribution in [0.1, 0.15) is 16.9 Å². The second kappa shape index (κ2) is 9.42. The summed E-state index contributed by atoms with van der Waals surface area (Å²) in [7, 11) is 0. The molecule has 164 valence electrons. The van der Waals surface area contributed by atoms with Gasteiger partial charge in [-0.1, -0.05) is 17.7 Å². The normalized spacial score (nSPS) is 11.2. The van der Waals surface area contributed by atoms with E-state index >= 15 is 0 Å². The molecule has 0 bridgehead atoms. The van der Waals surface area contributed by atoms with Crippen molar-refractivity contribution in [1.82, 2.24) is 14.7 Å². The van der Waals surface area contributed by atoms with Crippen molar-refractivity contribution in [3.8, 4) is 17.7 Å². The first-order valence-corrected chi connectivity index (χ1v) is 10.2. The number of rotatable bonds is 6. The van der Waals surface area contributed by atoms with Crippen molar-refractivity contribution < 1.29 is 13.9 Å². The van der Waals surface area contributed by atoms with Gasteiger partial charge in [0.15, 0.2) is 0 Å². The molecule has 1 amide bonds. The lowest BCUT2D eigenvalue weighted by Gasteiger charge is -2.11.